The van der Waals surface area contributed by atoms with Crippen LogP contribution < -0.4 is 0 Å². The van der Waals surface area contributed by atoms with E-state index in [1.54, 1.807) is 13.0 Å². The van der Waals surface area contributed by atoms with E-state index < -0.39 is 6.29 Å². The molecule has 0 radical (unpaired) electrons. The Morgan fingerprint density at radius 3 is 2.67 bits per heavy atom. The summed E-state index contributed by atoms with van der Waals surface area (Å²) in [4.78, 5) is 11.3. The van der Waals surface area contributed by atoms with Gasteiger partial charge in [0.25, 0.3) is 0 Å². The first-order chi connectivity index (χ1) is 8.47. The van der Waals surface area contributed by atoms with Crippen molar-refractivity contribution in [2.45, 2.75) is 59.4 Å². The molecule has 3 heteroatoms. The quantitative estimate of drug-likeness (QED) is 0.723. The van der Waals surface area contributed by atoms with Crippen molar-refractivity contribution in [1.29, 1.82) is 0 Å². The van der Waals surface area contributed by atoms with Crippen molar-refractivity contribution in [3.8, 4) is 0 Å². The van der Waals surface area contributed by atoms with Crippen LogP contribution in [0.25, 0.3) is 0 Å². The van der Waals surface area contributed by atoms with Gasteiger partial charge in [0, 0.05) is 5.57 Å². The van der Waals surface area contributed by atoms with E-state index in [0.29, 0.717) is 23.3 Å². The van der Waals surface area contributed by atoms with E-state index in [2.05, 4.69) is 20.8 Å². The zero-order chi connectivity index (χ0) is 13.3. The topological polar surface area (TPSA) is 35.5 Å². The molecule has 4 atom stereocenters. The zero-order valence-corrected chi connectivity index (χ0v) is 11.8. The van der Waals surface area contributed by atoms with E-state index in [0.717, 1.165) is 6.42 Å². The second-order valence-corrected chi connectivity index (χ2v) is 6.12. The third-order valence-electron chi connectivity index (χ3n) is 4.20. The molecule has 0 saturated heterocycles. The van der Waals surface area contributed by atoms with Gasteiger partial charge < -0.3 is 9.47 Å². The van der Waals surface area contributed by atoms with Gasteiger partial charge in [-0.05, 0) is 43.6 Å². The molecule has 1 fully saturated rings. The van der Waals surface area contributed by atoms with Gasteiger partial charge >= 0.3 is 5.97 Å². The normalized spacial score (nSPS) is 36.7. The average molecular weight is 252 g/mol. The Labute approximate surface area is 110 Å². The summed E-state index contributed by atoms with van der Waals surface area (Å²) in [7, 11) is 0. The number of ether oxygens (including phenoxy) is 2. The maximum absolute atomic E-state index is 11.3. The molecule has 0 aromatic carbocycles. The van der Waals surface area contributed by atoms with Gasteiger partial charge in [-0.25, -0.2) is 4.79 Å². The number of cyclic esters (lactones) is 1. The number of rotatable bonds is 3. The second kappa shape index (κ2) is 5.43. The molecule has 3 nitrogen and oxygen atoms in total. The van der Waals surface area contributed by atoms with E-state index >= 15 is 0 Å². The Balaban J connectivity index is 1.99. The summed E-state index contributed by atoms with van der Waals surface area (Å²) in [6, 6.07) is 0. The number of hydrogen-bond acceptors (Lipinski definition) is 3. The van der Waals surface area contributed by atoms with Crippen LogP contribution in [-0.4, -0.2) is 18.4 Å². The standard InChI is InChI=1S/C15H24O3/c1-9(2)12-6-5-10(3)7-13(12)17-14-8-11(4)15(16)18-14/h8-10,12-14H,5-7H2,1-4H3/t10-,12+,13-,14-/m1/s1. The van der Waals surface area contributed by atoms with Crippen molar-refractivity contribution in [2.24, 2.45) is 17.8 Å². The molecule has 2 rings (SSSR count). The van der Waals surface area contributed by atoms with Crippen molar-refractivity contribution < 1.29 is 14.3 Å². The summed E-state index contributed by atoms with van der Waals surface area (Å²) in [6.45, 7) is 8.54. The summed E-state index contributed by atoms with van der Waals surface area (Å²) in [5.74, 6) is 1.65. The number of carbonyl (C=O) groups is 1. The Bertz CT molecular complexity index is 346. The van der Waals surface area contributed by atoms with Gasteiger partial charge in [0.05, 0.1) is 6.10 Å². The van der Waals surface area contributed by atoms with Crippen LogP contribution in [0, 0.1) is 17.8 Å². The van der Waals surface area contributed by atoms with Crippen molar-refractivity contribution in [2.75, 3.05) is 0 Å². The average Bonchev–Trinajstić information content (AvgIpc) is 2.57. The lowest BCUT2D eigenvalue weighted by Crippen LogP contribution is -2.36. The van der Waals surface area contributed by atoms with E-state index in [1.165, 1.54) is 12.8 Å². The highest BCUT2D eigenvalue weighted by Crippen LogP contribution is 2.36. The molecule has 2 aliphatic rings. The summed E-state index contributed by atoms with van der Waals surface area (Å²) < 4.78 is 11.2. The van der Waals surface area contributed by atoms with E-state index in [1.807, 2.05) is 0 Å². The SMILES string of the molecule is CC1=C[C@H](O[C@@H]2C[C@H](C)CC[C@H]2C(C)C)OC1=O. The van der Waals surface area contributed by atoms with Crippen LogP contribution in [-0.2, 0) is 14.3 Å². The van der Waals surface area contributed by atoms with Gasteiger partial charge in [-0.2, -0.15) is 0 Å². The molecule has 1 aliphatic carbocycles. The lowest BCUT2D eigenvalue weighted by Gasteiger charge is -2.37. The molecule has 0 N–H and O–H groups in total. The Morgan fingerprint density at radius 1 is 1.39 bits per heavy atom. The molecule has 0 unspecified atom stereocenters. The largest absolute Gasteiger partial charge is 0.429 e. The number of esters is 1. The van der Waals surface area contributed by atoms with Gasteiger partial charge in [0.2, 0.25) is 6.29 Å². The predicted octanol–water partition coefficient (Wildman–Crippen LogP) is 3.29. The minimum atomic E-state index is -0.464. The monoisotopic (exact) mass is 252 g/mol. The Morgan fingerprint density at radius 2 is 2.11 bits per heavy atom. The molecular formula is C15H24O3. The lowest BCUT2D eigenvalue weighted by molar-refractivity contribution is -0.178. The van der Waals surface area contributed by atoms with Crippen LogP contribution in [0.5, 0.6) is 0 Å². The zero-order valence-electron chi connectivity index (χ0n) is 11.8. The molecule has 0 aromatic heterocycles. The van der Waals surface area contributed by atoms with Crippen LogP contribution in [0.4, 0.5) is 0 Å². The molecule has 1 aliphatic heterocycles. The second-order valence-electron chi connectivity index (χ2n) is 6.12. The van der Waals surface area contributed by atoms with Gasteiger partial charge in [-0.3, -0.25) is 0 Å². The maximum atomic E-state index is 11.3. The molecule has 18 heavy (non-hydrogen) atoms. The molecule has 102 valence electrons. The van der Waals surface area contributed by atoms with Crippen LogP contribution in [0.15, 0.2) is 11.6 Å². The number of carbonyl (C=O) groups excluding carboxylic acids is 1. The van der Waals surface area contributed by atoms with Crippen LogP contribution in [0.1, 0.15) is 47.0 Å². The summed E-state index contributed by atoms with van der Waals surface area (Å²) in [6.07, 6.45) is 5.11. The van der Waals surface area contributed by atoms with Gasteiger partial charge in [-0.1, -0.05) is 27.2 Å². The fraction of sp³-hybridized carbons (Fsp3) is 0.800. The van der Waals surface area contributed by atoms with Gasteiger partial charge in [-0.15, -0.1) is 0 Å². The highest BCUT2D eigenvalue weighted by atomic mass is 16.7. The molecule has 1 heterocycles. The minimum absolute atomic E-state index is 0.216. The highest BCUT2D eigenvalue weighted by molar-refractivity contribution is 5.89. The van der Waals surface area contributed by atoms with E-state index in [4.69, 9.17) is 9.47 Å². The number of hydrogen-bond donors (Lipinski definition) is 0. The maximum Gasteiger partial charge on any atom is 0.336 e. The van der Waals surface area contributed by atoms with Gasteiger partial charge in [0.15, 0.2) is 0 Å². The van der Waals surface area contributed by atoms with Crippen molar-refractivity contribution in [3.05, 3.63) is 11.6 Å². The fourth-order valence-electron chi connectivity index (χ4n) is 3.02. The van der Waals surface area contributed by atoms with Crippen LogP contribution in [0.3, 0.4) is 0 Å². The summed E-state index contributed by atoms with van der Waals surface area (Å²) >= 11 is 0. The fourth-order valence-corrected chi connectivity index (χ4v) is 3.02. The third kappa shape index (κ3) is 2.94. The smallest absolute Gasteiger partial charge is 0.336 e. The molecule has 0 amide bonds. The lowest BCUT2D eigenvalue weighted by atomic mass is 9.75. The first-order valence-corrected chi connectivity index (χ1v) is 7.02. The van der Waals surface area contributed by atoms with E-state index in [9.17, 15) is 4.79 Å². The van der Waals surface area contributed by atoms with Gasteiger partial charge in [0.1, 0.15) is 0 Å². The first-order valence-electron chi connectivity index (χ1n) is 7.02. The van der Waals surface area contributed by atoms with Crippen molar-refractivity contribution in [3.63, 3.8) is 0 Å². The third-order valence-corrected chi connectivity index (χ3v) is 4.20. The molecule has 0 bridgehead atoms. The summed E-state index contributed by atoms with van der Waals surface area (Å²) in [5, 5.41) is 0. The highest BCUT2D eigenvalue weighted by Gasteiger charge is 2.35. The van der Waals surface area contributed by atoms with Crippen LogP contribution in [0.2, 0.25) is 0 Å². The Kier molecular flexibility index (Phi) is 4.10. The van der Waals surface area contributed by atoms with Crippen LogP contribution >= 0.6 is 0 Å². The Hall–Kier alpha value is -0.830. The van der Waals surface area contributed by atoms with E-state index in [-0.39, 0.29) is 12.1 Å². The molecule has 0 spiro atoms. The predicted molar refractivity (Wildman–Crippen MR) is 69.9 cm³/mol. The first kappa shape index (κ1) is 13.6. The van der Waals surface area contributed by atoms with Crippen molar-refractivity contribution in [1.82, 2.24) is 0 Å². The molecular weight excluding hydrogens is 228 g/mol. The van der Waals surface area contributed by atoms with Crippen molar-refractivity contribution >= 4 is 5.97 Å². The molecule has 1 saturated carbocycles. The minimum Gasteiger partial charge on any atom is -0.429 e. The summed E-state index contributed by atoms with van der Waals surface area (Å²) in [5.41, 5.74) is 0.657. The molecule has 0 aromatic rings.